The molecule has 1 unspecified atom stereocenters. The minimum Gasteiger partial charge on any atom is -0.447 e. The van der Waals surface area contributed by atoms with Gasteiger partial charge in [0.25, 0.3) is 10.0 Å². The Morgan fingerprint density at radius 1 is 1.40 bits per heavy atom. The van der Waals surface area contributed by atoms with Crippen LogP contribution in [0.25, 0.3) is 0 Å². The fourth-order valence-corrected chi connectivity index (χ4v) is 3.45. The summed E-state index contributed by atoms with van der Waals surface area (Å²) in [6, 6.07) is 3.20. The smallest absolute Gasteiger partial charge is 0.273 e. The van der Waals surface area contributed by atoms with Crippen LogP contribution in [0.5, 0.6) is 0 Å². The van der Waals surface area contributed by atoms with E-state index in [2.05, 4.69) is 17.0 Å². The zero-order valence-electron chi connectivity index (χ0n) is 12.3. The summed E-state index contributed by atoms with van der Waals surface area (Å²) in [6.07, 6.45) is 3.04. The van der Waals surface area contributed by atoms with E-state index in [1.165, 1.54) is 6.07 Å². The number of sulfonamides is 1. The van der Waals surface area contributed by atoms with Gasteiger partial charge in [-0.1, -0.05) is 13.8 Å². The van der Waals surface area contributed by atoms with Crippen LogP contribution in [0.1, 0.15) is 26.0 Å². The quantitative estimate of drug-likeness (QED) is 0.646. The second-order valence-corrected chi connectivity index (χ2v) is 7.42. The summed E-state index contributed by atoms with van der Waals surface area (Å²) in [5.41, 5.74) is 0. The lowest BCUT2D eigenvalue weighted by atomic mass is 10.2. The van der Waals surface area contributed by atoms with Gasteiger partial charge < -0.3 is 9.73 Å². The van der Waals surface area contributed by atoms with Crippen molar-refractivity contribution in [1.29, 1.82) is 0 Å². The Bertz CT molecular complexity index is 486. The Morgan fingerprint density at radius 2 is 2.15 bits per heavy atom. The van der Waals surface area contributed by atoms with Crippen molar-refractivity contribution in [3.05, 3.63) is 17.9 Å². The van der Waals surface area contributed by atoms with Gasteiger partial charge in [-0.25, -0.2) is 13.1 Å². The van der Waals surface area contributed by atoms with Gasteiger partial charge in [0.15, 0.2) is 0 Å². The zero-order valence-corrected chi connectivity index (χ0v) is 13.9. The molecule has 2 N–H and O–H groups in total. The molecule has 20 heavy (non-hydrogen) atoms. The van der Waals surface area contributed by atoms with E-state index in [0.717, 1.165) is 18.7 Å². The lowest BCUT2D eigenvalue weighted by Gasteiger charge is -2.10. The first-order chi connectivity index (χ1) is 9.49. The van der Waals surface area contributed by atoms with Crippen molar-refractivity contribution < 1.29 is 12.8 Å². The Balaban J connectivity index is 2.54. The van der Waals surface area contributed by atoms with E-state index in [9.17, 15) is 8.42 Å². The van der Waals surface area contributed by atoms with Crippen molar-refractivity contribution in [3.63, 3.8) is 0 Å². The van der Waals surface area contributed by atoms with E-state index in [1.807, 2.05) is 13.2 Å². The molecule has 0 aliphatic rings. The summed E-state index contributed by atoms with van der Waals surface area (Å²) >= 11 is 1.70. The summed E-state index contributed by atoms with van der Waals surface area (Å²) in [7, 11) is -3.54. The highest BCUT2D eigenvalue weighted by atomic mass is 32.2. The van der Waals surface area contributed by atoms with Gasteiger partial charge in [0.1, 0.15) is 5.76 Å². The van der Waals surface area contributed by atoms with Gasteiger partial charge in [-0.05, 0) is 43.0 Å². The Kier molecular flexibility index (Phi) is 7.65. The first-order valence-corrected chi connectivity index (χ1v) is 9.65. The monoisotopic (exact) mass is 320 g/mol. The second kappa shape index (κ2) is 8.71. The lowest BCUT2D eigenvalue weighted by Crippen LogP contribution is -2.29. The molecule has 1 heterocycles. The number of thioether (sulfide) groups is 1. The molecule has 0 spiro atoms. The summed E-state index contributed by atoms with van der Waals surface area (Å²) in [4.78, 5) is 0. The van der Waals surface area contributed by atoms with Crippen LogP contribution >= 0.6 is 11.8 Å². The summed E-state index contributed by atoms with van der Waals surface area (Å²) in [6.45, 7) is 5.94. The van der Waals surface area contributed by atoms with Crippen LogP contribution in [-0.2, 0) is 16.6 Å². The molecule has 0 aromatic carbocycles. The van der Waals surface area contributed by atoms with Gasteiger partial charge in [0, 0.05) is 6.54 Å². The van der Waals surface area contributed by atoms with Crippen LogP contribution in [0.15, 0.2) is 21.6 Å². The predicted octanol–water partition coefficient (Wildman–Crippen LogP) is 2.06. The SMILES string of the molecule is CCCNCc1ccc(S(=O)(=O)NCC(C)CSC)o1. The highest BCUT2D eigenvalue weighted by molar-refractivity contribution is 7.98. The molecule has 1 aromatic heterocycles. The molecule has 116 valence electrons. The van der Waals surface area contributed by atoms with E-state index in [4.69, 9.17) is 4.42 Å². The van der Waals surface area contributed by atoms with Crippen molar-refractivity contribution >= 4 is 21.8 Å². The highest BCUT2D eigenvalue weighted by Gasteiger charge is 2.19. The molecule has 0 bridgehead atoms. The predicted molar refractivity (Wildman–Crippen MR) is 83.4 cm³/mol. The third-order valence-corrected chi connectivity index (χ3v) is 4.90. The average Bonchev–Trinajstić information content (AvgIpc) is 2.87. The Labute approximate surface area is 125 Å². The topological polar surface area (TPSA) is 71.3 Å². The van der Waals surface area contributed by atoms with Crippen molar-refractivity contribution in [3.8, 4) is 0 Å². The first kappa shape index (κ1) is 17.6. The van der Waals surface area contributed by atoms with Gasteiger partial charge >= 0.3 is 0 Å². The van der Waals surface area contributed by atoms with Crippen LogP contribution < -0.4 is 10.0 Å². The lowest BCUT2D eigenvalue weighted by molar-refractivity contribution is 0.399. The molecule has 5 nitrogen and oxygen atoms in total. The average molecular weight is 320 g/mol. The largest absolute Gasteiger partial charge is 0.447 e. The van der Waals surface area contributed by atoms with Crippen LogP contribution in [0, 0.1) is 5.92 Å². The maximum absolute atomic E-state index is 12.1. The van der Waals surface area contributed by atoms with E-state index >= 15 is 0 Å². The van der Waals surface area contributed by atoms with E-state index in [-0.39, 0.29) is 5.09 Å². The van der Waals surface area contributed by atoms with E-state index < -0.39 is 10.0 Å². The summed E-state index contributed by atoms with van der Waals surface area (Å²) < 4.78 is 32.1. The van der Waals surface area contributed by atoms with Gasteiger partial charge in [0.05, 0.1) is 6.54 Å². The van der Waals surface area contributed by atoms with Gasteiger partial charge in [-0.2, -0.15) is 11.8 Å². The molecule has 7 heteroatoms. The van der Waals surface area contributed by atoms with Gasteiger partial charge in [0.2, 0.25) is 5.09 Å². The molecule has 0 saturated carbocycles. The number of rotatable bonds is 10. The zero-order chi connectivity index (χ0) is 15.0. The van der Waals surface area contributed by atoms with Crippen molar-refractivity contribution in [2.24, 2.45) is 5.92 Å². The molecule has 1 atom stereocenters. The second-order valence-electron chi connectivity index (χ2n) is 4.81. The molecule has 1 rings (SSSR count). The van der Waals surface area contributed by atoms with Crippen molar-refractivity contribution in [2.45, 2.75) is 31.9 Å². The molecule has 0 aliphatic carbocycles. The summed E-state index contributed by atoms with van der Waals surface area (Å²) in [5.74, 6) is 1.85. The Morgan fingerprint density at radius 3 is 2.80 bits per heavy atom. The molecule has 0 fully saturated rings. The highest BCUT2D eigenvalue weighted by Crippen LogP contribution is 2.14. The van der Waals surface area contributed by atoms with E-state index in [1.54, 1.807) is 17.8 Å². The van der Waals surface area contributed by atoms with Crippen LogP contribution in [0.2, 0.25) is 0 Å². The molecule has 1 aromatic rings. The minimum atomic E-state index is -3.54. The van der Waals surface area contributed by atoms with Crippen molar-refractivity contribution in [1.82, 2.24) is 10.0 Å². The van der Waals surface area contributed by atoms with Crippen LogP contribution in [0.3, 0.4) is 0 Å². The fourth-order valence-electron chi connectivity index (χ4n) is 1.65. The number of hydrogen-bond donors (Lipinski definition) is 2. The number of nitrogens with one attached hydrogen (secondary N) is 2. The van der Waals surface area contributed by atoms with Crippen LogP contribution in [0.4, 0.5) is 0 Å². The fraction of sp³-hybridized carbons (Fsp3) is 0.692. The Hall–Kier alpha value is -0.500. The van der Waals surface area contributed by atoms with Crippen molar-refractivity contribution in [2.75, 3.05) is 25.1 Å². The standard InChI is InChI=1S/C13H24N2O3S2/c1-4-7-14-9-12-5-6-13(18-12)20(16,17)15-8-11(2)10-19-3/h5-6,11,14-15H,4,7-10H2,1-3H3. The molecule has 0 saturated heterocycles. The molecular formula is C13H24N2O3S2. The summed E-state index contributed by atoms with van der Waals surface area (Å²) in [5, 5.41) is 3.16. The number of hydrogen-bond acceptors (Lipinski definition) is 5. The normalized spacial score (nSPS) is 13.6. The van der Waals surface area contributed by atoms with Gasteiger partial charge in [-0.15, -0.1) is 0 Å². The minimum absolute atomic E-state index is 0.0119. The third-order valence-electron chi connectivity index (χ3n) is 2.70. The van der Waals surface area contributed by atoms with Gasteiger partial charge in [-0.3, -0.25) is 0 Å². The molecule has 0 radical (unpaired) electrons. The number of furan rings is 1. The first-order valence-electron chi connectivity index (χ1n) is 6.77. The third kappa shape index (κ3) is 5.87. The molecule has 0 aliphatic heterocycles. The van der Waals surface area contributed by atoms with Crippen LogP contribution in [-0.4, -0.2) is 33.5 Å². The molecule has 0 amide bonds. The maximum atomic E-state index is 12.1. The molecular weight excluding hydrogens is 296 g/mol. The van der Waals surface area contributed by atoms with E-state index in [0.29, 0.717) is 24.8 Å². The maximum Gasteiger partial charge on any atom is 0.273 e.